The Morgan fingerprint density at radius 2 is 1.71 bits per heavy atom. The first-order valence-corrected chi connectivity index (χ1v) is 18.3. The Balaban J connectivity index is 1.43. The lowest BCUT2D eigenvalue weighted by Crippen LogP contribution is -2.53. The van der Waals surface area contributed by atoms with Crippen molar-refractivity contribution in [2.75, 3.05) is 71.4 Å². The van der Waals surface area contributed by atoms with Crippen LogP contribution in [0.3, 0.4) is 0 Å². The van der Waals surface area contributed by atoms with Crippen LogP contribution in [0.15, 0.2) is 59.6 Å². The summed E-state index contributed by atoms with van der Waals surface area (Å²) in [6, 6.07) is 12.5. The number of pyridine rings is 1. The van der Waals surface area contributed by atoms with Gasteiger partial charge in [0.25, 0.3) is 15.9 Å². The predicted molar refractivity (Wildman–Crippen MR) is 185 cm³/mol. The molecule has 262 valence electrons. The minimum absolute atomic E-state index is 0.00385. The number of hydrogen-bond acceptors (Lipinski definition) is 10. The Hall–Kier alpha value is -3.91. The van der Waals surface area contributed by atoms with Crippen molar-refractivity contribution in [3.8, 4) is 17.4 Å². The molecule has 0 N–H and O–H groups in total. The molecule has 2 amide bonds. The van der Waals surface area contributed by atoms with E-state index in [1.165, 1.54) is 50.7 Å². The maximum Gasteiger partial charge on any atom is 0.274 e. The summed E-state index contributed by atoms with van der Waals surface area (Å²) in [6.07, 6.45) is 2.80. The van der Waals surface area contributed by atoms with Crippen molar-refractivity contribution in [1.29, 1.82) is 0 Å². The molecule has 49 heavy (non-hydrogen) atoms. The van der Waals surface area contributed by atoms with Gasteiger partial charge in [-0.3, -0.25) is 14.5 Å². The molecule has 1 aromatic heterocycles. The van der Waals surface area contributed by atoms with E-state index in [-0.39, 0.29) is 57.3 Å². The molecule has 6 rings (SSSR count). The molecule has 0 bridgehead atoms. The summed E-state index contributed by atoms with van der Waals surface area (Å²) >= 11 is 6.57. The Morgan fingerprint density at radius 1 is 0.980 bits per heavy atom. The second-order valence-corrected chi connectivity index (χ2v) is 14.8. The number of hydrogen-bond donors (Lipinski definition) is 0. The Kier molecular flexibility index (Phi) is 10.1. The van der Waals surface area contributed by atoms with Crippen LogP contribution in [0.4, 0.5) is 5.69 Å². The summed E-state index contributed by atoms with van der Waals surface area (Å²) in [6.45, 7) is 7.09. The van der Waals surface area contributed by atoms with Crippen molar-refractivity contribution < 1.29 is 32.2 Å². The quantitative estimate of drug-likeness (QED) is 0.307. The van der Waals surface area contributed by atoms with Gasteiger partial charge in [-0.1, -0.05) is 17.7 Å². The fraction of sp³-hybridized carbons (Fsp3) is 0.457. The number of methoxy groups -OCH3 is 2. The van der Waals surface area contributed by atoms with E-state index in [2.05, 4.69) is 21.8 Å². The molecule has 3 aliphatic rings. The van der Waals surface area contributed by atoms with Gasteiger partial charge in [-0.2, -0.15) is 0 Å². The van der Waals surface area contributed by atoms with E-state index < -0.39 is 21.3 Å². The highest BCUT2D eigenvalue weighted by Crippen LogP contribution is 2.53. The molecule has 2 fully saturated rings. The second-order valence-electron chi connectivity index (χ2n) is 12.6. The Labute approximate surface area is 292 Å². The SMILES string of the molecule is CCOc1ncccc1C1(CC(=O)N2CCC(N3CCN(C)CC3)CC2)C(=O)N(S(=O)(=O)c2ccc(OC)cc2OC)c2ccc(Cl)cc21. The molecule has 1 unspecified atom stereocenters. The van der Waals surface area contributed by atoms with Crippen LogP contribution < -0.4 is 18.5 Å². The number of fused-ring (bicyclic) bond motifs is 1. The smallest absolute Gasteiger partial charge is 0.274 e. The number of aromatic nitrogens is 1. The number of likely N-dealkylation sites (tertiary alicyclic amines) is 1. The zero-order chi connectivity index (χ0) is 34.9. The predicted octanol–water partition coefficient (Wildman–Crippen LogP) is 3.80. The summed E-state index contributed by atoms with van der Waals surface area (Å²) < 4.78 is 46.6. The monoisotopic (exact) mass is 711 g/mol. The largest absolute Gasteiger partial charge is 0.497 e. The minimum Gasteiger partial charge on any atom is -0.497 e. The highest BCUT2D eigenvalue weighted by molar-refractivity contribution is 7.93. The third kappa shape index (κ3) is 6.33. The number of piperidine rings is 1. The van der Waals surface area contributed by atoms with Gasteiger partial charge in [0.15, 0.2) is 0 Å². The van der Waals surface area contributed by atoms with Crippen molar-refractivity contribution in [3.05, 3.63) is 70.9 Å². The van der Waals surface area contributed by atoms with Crippen molar-refractivity contribution in [2.45, 2.75) is 42.5 Å². The molecule has 3 aromatic rings. The average Bonchev–Trinajstić information content (AvgIpc) is 3.36. The second kappa shape index (κ2) is 14.1. The number of sulfonamides is 1. The zero-order valence-electron chi connectivity index (χ0n) is 28.2. The zero-order valence-corrected chi connectivity index (χ0v) is 29.8. The summed E-state index contributed by atoms with van der Waals surface area (Å²) in [5.41, 5.74) is -1.18. The molecule has 14 heteroatoms. The number of anilines is 1. The lowest BCUT2D eigenvalue weighted by Gasteiger charge is -2.42. The van der Waals surface area contributed by atoms with E-state index >= 15 is 4.79 Å². The highest BCUT2D eigenvalue weighted by Gasteiger charge is 2.59. The summed E-state index contributed by atoms with van der Waals surface area (Å²) in [5, 5.41) is 0.277. The van der Waals surface area contributed by atoms with Gasteiger partial charge in [-0.25, -0.2) is 17.7 Å². The van der Waals surface area contributed by atoms with Crippen molar-refractivity contribution in [3.63, 3.8) is 0 Å². The molecule has 1 atom stereocenters. The van der Waals surface area contributed by atoms with Crippen LogP contribution in [-0.2, 0) is 25.0 Å². The lowest BCUT2D eigenvalue weighted by molar-refractivity contribution is -0.136. The molecule has 0 saturated carbocycles. The number of piperazine rings is 1. The van der Waals surface area contributed by atoms with Crippen LogP contribution in [-0.4, -0.2) is 113 Å². The first-order chi connectivity index (χ1) is 23.5. The van der Waals surface area contributed by atoms with Gasteiger partial charge in [0.1, 0.15) is 21.8 Å². The number of carbonyl (C=O) groups is 2. The molecule has 2 saturated heterocycles. The number of nitrogens with zero attached hydrogens (tertiary/aromatic N) is 5. The normalized spacial score (nSPS) is 20.7. The number of benzene rings is 2. The topological polar surface area (TPSA) is 122 Å². The van der Waals surface area contributed by atoms with E-state index in [0.717, 1.165) is 43.3 Å². The number of rotatable bonds is 10. The molecule has 0 spiro atoms. The molecule has 0 aliphatic carbocycles. The molecule has 12 nitrogen and oxygen atoms in total. The average molecular weight is 712 g/mol. The number of ether oxygens (including phenoxy) is 3. The summed E-state index contributed by atoms with van der Waals surface area (Å²) in [5.74, 6) is -0.604. The van der Waals surface area contributed by atoms with E-state index in [1.807, 2.05) is 0 Å². The molecule has 3 aliphatic heterocycles. The maximum atomic E-state index is 15.2. The van der Waals surface area contributed by atoms with Gasteiger partial charge in [-0.15, -0.1) is 0 Å². The molecule has 4 heterocycles. The number of carbonyl (C=O) groups excluding carboxylic acids is 2. The fourth-order valence-electron chi connectivity index (χ4n) is 7.25. The summed E-state index contributed by atoms with van der Waals surface area (Å²) in [7, 11) is 0.319. The van der Waals surface area contributed by atoms with Crippen LogP contribution in [0, 0.1) is 0 Å². The van der Waals surface area contributed by atoms with E-state index in [0.29, 0.717) is 24.9 Å². The van der Waals surface area contributed by atoms with Gasteiger partial charge in [-0.05, 0) is 68.8 Å². The Bertz CT molecular complexity index is 1830. The lowest BCUT2D eigenvalue weighted by atomic mass is 9.72. The molecule has 2 aromatic carbocycles. The minimum atomic E-state index is -4.61. The van der Waals surface area contributed by atoms with Gasteiger partial charge < -0.3 is 24.0 Å². The maximum absolute atomic E-state index is 15.2. The van der Waals surface area contributed by atoms with Gasteiger partial charge in [0, 0.05) is 74.6 Å². The first kappa shape index (κ1) is 34.9. The Morgan fingerprint density at radius 3 is 2.39 bits per heavy atom. The fourth-order valence-corrected chi connectivity index (χ4v) is 9.05. The first-order valence-electron chi connectivity index (χ1n) is 16.5. The number of halogens is 1. The van der Waals surface area contributed by atoms with E-state index in [4.69, 9.17) is 25.8 Å². The van der Waals surface area contributed by atoms with Gasteiger partial charge in [0.05, 0.1) is 26.5 Å². The third-order valence-electron chi connectivity index (χ3n) is 9.88. The third-order valence-corrected chi connectivity index (χ3v) is 11.8. The van der Waals surface area contributed by atoms with E-state index in [1.54, 1.807) is 30.0 Å². The standard InChI is InChI=1S/C35H42ClN5O7S/c1-5-48-33-27(7-6-14-37-33)35(23-32(42)40-15-12-25(13-16-40)39-19-17-38(2)18-20-39)28-21-24(36)8-10-29(28)41(34(35)43)49(44,45)31-11-9-26(46-3)22-30(31)47-4/h6-11,14,21-22,25H,5,12-13,15-20,23H2,1-4H3. The van der Waals surface area contributed by atoms with Gasteiger partial charge >= 0.3 is 0 Å². The highest BCUT2D eigenvalue weighted by atomic mass is 35.5. The van der Waals surface area contributed by atoms with Crippen LogP contribution in [0.25, 0.3) is 0 Å². The van der Waals surface area contributed by atoms with Gasteiger partial charge in [0.2, 0.25) is 11.8 Å². The molecular weight excluding hydrogens is 670 g/mol. The summed E-state index contributed by atoms with van der Waals surface area (Å²) in [4.78, 5) is 40.4. The number of likely N-dealkylation sites (N-methyl/N-ethyl adjacent to an activating group) is 1. The van der Waals surface area contributed by atoms with Crippen LogP contribution >= 0.6 is 11.6 Å². The van der Waals surface area contributed by atoms with Crippen LogP contribution in [0.2, 0.25) is 5.02 Å². The van der Waals surface area contributed by atoms with E-state index in [9.17, 15) is 13.2 Å². The van der Waals surface area contributed by atoms with Crippen molar-refractivity contribution in [1.82, 2.24) is 19.7 Å². The van der Waals surface area contributed by atoms with Crippen molar-refractivity contribution >= 4 is 39.1 Å². The number of amides is 2. The molecular formula is C35H42ClN5O7S. The van der Waals surface area contributed by atoms with Crippen LogP contribution in [0.5, 0.6) is 17.4 Å². The van der Waals surface area contributed by atoms with Crippen LogP contribution in [0.1, 0.15) is 37.3 Å². The van der Waals surface area contributed by atoms with Crippen molar-refractivity contribution in [2.24, 2.45) is 0 Å². The molecule has 0 radical (unpaired) electrons.